The number of nitriles is 1. The summed E-state index contributed by atoms with van der Waals surface area (Å²) >= 11 is 0. The van der Waals surface area contributed by atoms with Crippen molar-refractivity contribution in [2.75, 3.05) is 12.3 Å². The van der Waals surface area contributed by atoms with E-state index in [1.165, 1.54) is 23.8 Å². The highest BCUT2D eigenvalue weighted by molar-refractivity contribution is 7.52. The van der Waals surface area contributed by atoms with Crippen LogP contribution in [0, 0.1) is 17.2 Å². The summed E-state index contributed by atoms with van der Waals surface area (Å²) in [5.41, 5.74) is 5.21. The second-order valence-corrected chi connectivity index (χ2v) is 15.4. The summed E-state index contributed by atoms with van der Waals surface area (Å²) in [5, 5.41) is 29.0. The number of esters is 2. The van der Waals surface area contributed by atoms with Crippen molar-refractivity contribution >= 4 is 31.0 Å². The van der Waals surface area contributed by atoms with Crippen molar-refractivity contribution < 1.29 is 42.5 Å². The van der Waals surface area contributed by atoms with E-state index in [0.717, 1.165) is 24.8 Å². The van der Waals surface area contributed by atoms with Crippen LogP contribution in [0.3, 0.4) is 0 Å². The van der Waals surface area contributed by atoms with Gasteiger partial charge in [-0.25, -0.2) is 14.1 Å². The minimum Gasteiger partial charge on any atom is -0.461 e. The summed E-state index contributed by atoms with van der Waals surface area (Å²) < 4.78 is 44.7. The van der Waals surface area contributed by atoms with Crippen molar-refractivity contribution in [1.29, 1.82) is 5.26 Å². The van der Waals surface area contributed by atoms with Crippen LogP contribution in [0.1, 0.15) is 72.1 Å². The molecule has 49 heavy (non-hydrogen) atoms. The first-order valence-electron chi connectivity index (χ1n) is 16.2. The number of aromatic nitrogens is 3. The number of benzene rings is 1. The molecule has 1 saturated carbocycles. The maximum Gasteiger partial charge on any atom is 0.459 e. The molecule has 0 radical (unpaired) electrons. The molecular formula is C33H43N6O9P. The highest BCUT2D eigenvalue weighted by Crippen LogP contribution is 2.48. The molecule has 5 rings (SSSR count). The zero-order valence-electron chi connectivity index (χ0n) is 28.4. The molecule has 264 valence electrons. The van der Waals surface area contributed by atoms with E-state index in [1.54, 1.807) is 32.0 Å². The monoisotopic (exact) mass is 698 g/mol. The topological polar surface area (TPSA) is 210 Å². The van der Waals surface area contributed by atoms with E-state index < -0.39 is 62.2 Å². The van der Waals surface area contributed by atoms with Gasteiger partial charge in [0.25, 0.3) is 0 Å². The van der Waals surface area contributed by atoms with E-state index in [-0.39, 0.29) is 28.8 Å². The van der Waals surface area contributed by atoms with Crippen LogP contribution in [-0.4, -0.2) is 68.7 Å². The van der Waals surface area contributed by atoms with Gasteiger partial charge < -0.3 is 29.6 Å². The third-order valence-electron chi connectivity index (χ3n) is 8.57. The van der Waals surface area contributed by atoms with Crippen LogP contribution in [0.2, 0.25) is 0 Å². The van der Waals surface area contributed by atoms with E-state index in [9.17, 15) is 24.5 Å². The molecule has 2 aromatic heterocycles. The number of carbonyl (C=O) groups is 2. The Kier molecular flexibility index (Phi) is 10.4. The third-order valence-corrected chi connectivity index (χ3v) is 10.2. The van der Waals surface area contributed by atoms with Gasteiger partial charge in [0.2, 0.25) is 5.60 Å². The molecule has 2 fully saturated rings. The summed E-state index contributed by atoms with van der Waals surface area (Å²) in [6.07, 6.45) is -1.16. The van der Waals surface area contributed by atoms with Gasteiger partial charge in [-0.1, -0.05) is 46.8 Å². The van der Waals surface area contributed by atoms with Crippen LogP contribution < -0.4 is 15.3 Å². The predicted molar refractivity (Wildman–Crippen MR) is 176 cm³/mol. The zero-order valence-corrected chi connectivity index (χ0v) is 29.3. The molecule has 4 N–H and O–H groups in total. The number of nitrogens with one attached hydrogen (secondary N) is 1. The normalized spacial score (nSPS) is 24.5. The number of aliphatic hydroxyl groups excluding tert-OH is 1. The van der Waals surface area contributed by atoms with Gasteiger partial charge in [0.05, 0.1) is 18.2 Å². The largest absolute Gasteiger partial charge is 0.461 e. The standard InChI is InChI=1S/C33H43N6O9P/c1-19(2)30(41)46-28-27(40)25(47-33(28,17-34)26-15-14-24-29(35)36-18-37-39(24)26)16-44-49(43,38-20(3)31(42)45-22-8-7-9-22)48-23-12-10-21(11-13-23)32(4,5)6/h10-15,18-20,22,25,27-28,40H,7-9,16H2,1-6H3,(H,38,43)(H2,35,36,37)/t20-,25+,27+,28+,33-,49?/m0/s1. The Bertz CT molecular complexity index is 1760. The molecule has 1 aromatic carbocycles. The number of ether oxygens (including phenoxy) is 3. The molecule has 1 unspecified atom stereocenters. The Morgan fingerprint density at radius 2 is 1.86 bits per heavy atom. The number of aliphatic hydroxyl groups is 1. The number of hydrogen-bond acceptors (Lipinski definition) is 13. The van der Waals surface area contributed by atoms with Gasteiger partial charge in [0.1, 0.15) is 48.0 Å². The average molecular weight is 699 g/mol. The Balaban J connectivity index is 1.44. The predicted octanol–water partition coefficient (Wildman–Crippen LogP) is 3.93. The first-order valence-corrected chi connectivity index (χ1v) is 17.7. The first kappa shape index (κ1) is 36.2. The molecule has 1 aliphatic carbocycles. The highest BCUT2D eigenvalue weighted by atomic mass is 31.2. The number of nitrogen functional groups attached to an aromatic ring is 1. The minimum absolute atomic E-state index is 0.103. The van der Waals surface area contributed by atoms with Gasteiger partial charge in [0, 0.05) is 0 Å². The summed E-state index contributed by atoms with van der Waals surface area (Å²) in [5.74, 6) is -1.64. The second-order valence-electron chi connectivity index (χ2n) is 13.7. The number of nitrogens with zero attached hydrogens (tertiary/aromatic N) is 4. The fourth-order valence-electron chi connectivity index (χ4n) is 5.41. The second kappa shape index (κ2) is 14.0. The third kappa shape index (κ3) is 7.59. The summed E-state index contributed by atoms with van der Waals surface area (Å²) in [7, 11) is -4.41. The summed E-state index contributed by atoms with van der Waals surface area (Å²) in [4.78, 5) is 29.6. The van der Waals surface area contributed by atoms with Crippen molar-refractivity contribution in [3.63, 3.8) is 0 Å². The van der Waals surface area contributed by atoms with E-state index in [1.807, 2.05) is 32.9 Å². The van der Waals surface area contributed by atoms with Crippen molar-refractivity contribution in [3.8, 4) is 11.8 Å². The SMILES string of the molecule is CC(C)C(=O)O[C@@H]1[C@H](O)[C@@H](COP(=O)(N[C@@H](C)C(=O)OC2CCC2)Oc2ccc(C(C)(C)C)cc2)O[C@@]1(C#N)c1ccc2c(N)ncnn12. The van der Waals surface area contributed by atoms with E-state index >= 15 is 0 Å². The molecule has 0 amide bonds. The van der Waals surface area contributed by atoms with Crippen LogP contribution >= 0.6 is 7.75 Å². The van der Waals surface area contributed by atoms with Crippen LogP contribution in [0.5, 0.6) is 5.75 Å². The first-order chi connectivity index (χ1) is 23.1. The van der Waals surface area contributed by atoms with E-state index in [2.05, 4.69) is 21.2 Å². The molecule has 6 atom stereocenters. The maximum atomic E-state index is 14.3. The fourth-order valence-corrected chi connectivity index (χ4v) is 6.91. The number of fused-ring (bicyclic) bond motifs is 1. The minimum atomic E-state index is -4.41. The van der Waals surface area contributed by atoms with Crippen LogP contribution in [0.4, 0.5) is 5.82 Å². The molecule has 0 bridgehead atoms. The molecular weight excluding hydrogens is 655 g/mol. The Labute approximate surface area is 284 Å². The lowest BCUT2D eigenvalue weighted by Crippen LogP contribution is -2.45. The number of nitrogens with two attached hydrogens (primary N) is 1. The molecule has 3 aromatic rings. The Hall–Kier alpha value is -4.06. The van der Waals surface area contributed by atoms with Crippen molar-refractivity contribution in [3.05, 3.63) is 54.0 Å². The number of carbonyl (C=O) groups excluding carboxylic acids is 2. The van der Waals surface area contributed by atoms with Gasteiger partial charge in [0.15, 0.2) is 11.9 Å². The Morgan fingerprint density at radius 3 is 2.45 bits per heavy atom. The van der Waals surface area contributed by atoms with Gasteiger partial charge in [-0.05, 0) is 61.4 Å². The summed E-state index contributed by atoms with van der Waals surface area (Å²) in [6, 6.07) is 10.9. The fraction of sp³-hybridized carbons (Fsp3) is 0.545. The number of anilines is 1. The summed E-state index contributed by atoms with van der Waals surface area (Å²) in [6.45, 7) is 10.2. The maximum absolute atomic E-state index is 14.3. The number of rotatable bonds is 12. The van der Waals surface area contributed by atoms with E-state index in [4.69, 9.17) is 29.0 Å². The van der Waals surface area contributed by atoms with Gasteiger partial charge in [-0.15, -0.1) is 0 Å². The lowest BCUT2D eigenvalue weighted by atomic mass is 9.87. The van der Waals surface area contributed by atoms with Crippen molar-refractivity contribution in [1.82, 2.24) is 19.7 Å². The molecule has 3 heterocycles. The Morgan fingerprint density at radius 1 is 1.16 bits per heavy atom. The van der Waals surface area contributed by atoms with Gasteiger partial charge >= 0.3 is 19.7 Å². The lowest BCUT2D eigenvalue weighted by Gasteiger charge is -2.28. The lowest BCUT2D eigenvalue weighted by molar-refractivity contribution is -0.164. The quantitative estimate of drug-likeness (QED) is 0.181. The van der Waals surface area contributed by atoms with Crippen LogP contribution in [-0.2, 0) is 43.9 Å². The van der Waals surface area contributed by atoms with Gasteiger partial charge in [-0.2, -0.15) is 15.4 Å². The number of hydrogen-bond donors (Lipinski definition) is 3. The van der Waals surface area contributed by atoms with Crippen LogP contribution in [0.25, 0.3) is 5.52 Å². The molecule has 2 aliphatic rings. The highest BCUT2D eigenvalue weighted by Gasteiger charge is 2.61. The smallest absolute Gasteiger partial charge is 0.459 e. The molecule has 16 heteroatoms. The van der Waals surface area contributed by atoms with Crippen LogP contribution in [0.15, 0.2) is 42.7 Å². The molecule has 0 spiro atoms. The molecule has 15 nitrogen and oxygen atoms in total. The van der Waals surface area contributed by atoms with Crippen molar-refractivity contribution in [2.45, 2.75) is 102 Å². The molecule has 1 aliphatic heterocycles. The average Bonchev–Trinajstić information content (AvgIpc) is 3.58. The molecule has 1 saturated heterocycles. The zero-order chi connectivity index (χ0) is 35.7. The van der Waals surface area contributed by atoms with E-state index in [0.29, 0.717) is 5.52 Å². The van der Waals surface area contributed by atoms with Gasteiger partial charge in [-0.3, -0.25) is 14.1 Å². The van der Waals surface area contributed by atoms with Crippen molar-refractivity contribution in [2.24, 2.45) is 5.92 Å².